The molecule has 1 unspecified atom stereocenters. The Morgan fingerprint density at radius 2 is 1.38 bits per heavy atom. The van der Waals surface area contributed by atoms with Gasteiger partial charge in [0, 0.05) is 12.6 Å². The monoisotopic (exact) mass is 383 g/mol. The normalized spacial score (nSPS) is 16.3. The second-order valence-electron chi connectivity index (χ2n) is 7.56. The van der Waals surface area contributed by atoms with Crippen molar-refractivity contribution in [1.82, 2.24) is 0 Å². The van der Waals surface area contributed by atoms with Gasteiger partial charge in [0.05, 0.1) is 5.69 Å². The van der Waals surface area contributed by atoms with Crippen molar-refractivity contribution < 1.29 is 4.79 Å². The molecule has 0 bridgehead atoms. The Morgan fingerprint density at radius 1 is 0.828 bits per heavy atom. The summed E-state index contributed by atoms with van der Waals surface area (Å²) >= 11 is 0. The van der Waals surface area contributed by atoms with Crippen molar-refractivity contribution >= 4 is 23.0 Å². The molecule has 1 atom stereocenters. The first kappa shape index (κ1) is 18.9. The molecule has 0 aliphatic carbocycles. The fourth-order valence-electron chi connectivity index (χ4n) is 3.65. The number of nitrogens with zero attached hydrogens (tertiary/aromatic N) is 3. The van der Waals surface area contributed by atoms with E-state index in [2.05, 4.69) is 38.1 Å². The standard InChI is InChI=1S/C25H25N3O/c1-18(2)20-14-16-21(17-15-20)25-27(22-10-6-4-7-11-22)24(19(3)29)26-28(25)23-12-8-5-9-13-23/h4-18,25H,1-3H3. The molecule has 3 aromatic carbocycles. The van der Waals surface area contributed by atoms with Gasteiger partial charge in [-0.2, -0.15) is 0 Å². The first-order valence-corrected chi connectivity index (χ1v) is 9.94. The van der Waals surface area contributed by atoms with E-state index in [1.807, 2.05) is 70.6 Å². The zero-order valence-corrected chi connectivity index (χ0v) is 17.0. The van der Waals surface area contributed by atoms with Crippen molar-refractivity contribution in [1.29, 1.82) is 0 Å². The third-order valence-electron chi connectivity index (χ3n) is 5.18. The highest BCUT2D eigenvalue weighted by atomic mass is 16.1. The van der Waals surface area contributed by atoms with E-state index in [0.717, 1.165) is 16.9 Å². The lowest BCUT2D eigenvalue weighted by molar-refractivity contribution is -0.111. The summed E-state index contributed by atoms with van der Waals surface area (Å²) in [5.74, 6) is 0.848. The molecule has 0 saturated carbocycles. The fraction of sp³-hybridized carbons (Fsp3) is 0.200. The zero-order valence-electron chi connectivity index (χ0n) is 17.0. The van der Waals surface area contributed by atoms with Crippen molar-refractivity contribution in [2.45, 2.75) is 32.9 Å². The minimum absolute atomic E-state index is 0.0592. The Bertz CT molecular complexity index is 1010. The number of hydrogen-bond acceptors (Lipinski definition) is 4. The lowest BCUT2D eigenvalue weighted by atomic mass is 10.00. The van der Waals surface area contributed by atoms with Crippen molar-refractivity contribution in [3.05, 3.63) is 96.1 Å². The summed E-state index contributed by atoms with van der Waals surface area (Å²) in [6.07, 6.45) is -0.236. The third-order valence-corrected chi connectivity index (χ3v) is 5.18. The summed E-state index contributed by atoms with van der Waals surface area (Å²) in [7, 11) is 0. The molecule has 0 N–H and O–H groups in total. The smallest absolute Gasteiger partial charge is 0.198 e. The maximum absolute atomic E-state index is 12.5. The molecule has 4 heteroatoms. The number of benzene rings is 3. The molecule has 4 rings (SSSR count). The average molecular weight is 383 g/mol. The highest BCUT2D eigenvalue weighted by Gasteiger charge is 2.39. The van der Waals surface area contributed by atoms with Crippen LogP contribution in [0.4, 0.5) is 11.4 Å². The molecule has 1 aliphatic heterocycles. The Kier molecular flexibility index (Phi) is 5.17. The molecule has 3 aromatic rings. The summed E-state index contributed by atoms with van der Waals surface area (Å²) in [4.78, 5) is 14.6. The molecule has 29 heavy (non-hydrogen) atoms. The van der Waals surface area contributed by atoms with Crippen molar-refractivity contribution in [2.24, 2.45) is 5.10 Å². The number of carbonyl (C=O) groups excluding carboxylic acids is 1. The quantitative estimate of drug-likeness (QED) is 0.564. The first-order chi connectivity index (χ1) is 14.1. The van der Waals surface area contributed by atoms with Gasteiger partial charge >= 0.3 is 0 Å². The Hall–Kier alpha value is -3.40. The number of carbonyl (C=O) groups is 1. The number of hydrazone groups is 1. The first-order valence-electron chi connectivity index (χ1n) is 9.94. The number of rotatable bonds is 5. The van der Waals surface area contributed by atoms with E-state index in [0.29, 0.717) is 11.8 Å². The van der Waals surface area contributed by atoms with Gasteiger partial charge in [0.25, 0.3) is 0 Å². The van der Waals surface area contributed by atoms with Crippen LogP contribution >= 0.6 is 0 Å². The molecule has 0 spiro atoms. The van der Waals surface area contributed by atoms with Gasteiger partial charge in [0.15, 0.2) is 17.8 Å². The minimum atomic E-state index is -0.236. The van der Waals surface area contributed by atoms with E-state index in [-0.39, 0.29) is 11.9 Å². The molecule has 0 fully saturated rings. The minimum Gasteiger partial charge on any atom is -0.295 e. The molecular formula is C25H25N3O. The van der Waals surface area contributed by atoms with Crippen LogP contribution in [0, 0.1) is 0 Å². The largest absolute Gasteiger partial charge is 0.295 e. The van der Waals surface area contributed by atoms with Crippen LogP contribution in [0.3, 0.4) is 0 Å². The molecule has 0 aromatic heterocycles. The van der Waals surface area contributed by atoms with E-state index in [1.165, 1.54) is 5.56 Å². The van der Waals surface area contributed by atoms with Crippen LogP contribution in [-0.2, 0) is 4.79 Å². The molecule has 0 amide bonds. The van der Waals surface area contributed by atoms with Crippen LogP contribution in [0.25, 0.3) is 0 Å². The number of amidine groups is 1. The molecule has 4 nitrogen and oxygen atoms in total. The number of ketones is 1. The number of hydrogen-bond donors (Lipinski definition) is 0. The van der Waals surface area contributed by atoms with Gasteiger partial charge in [0.2, 0.25) is 0 Å². The summed E-state index contributed by atoms with van der Waals surface area (Å²) in [6.45, 7) is 5.95. The maximum Gasteiger partial charge on any atom is 0.198 e. The number of Topliss-reactive ketones (excluding diaryl/α,β-unsaturated/α-hetero) is 1. The van der Waals surface area contributed by atoms with E-state index in [4.69, 9.17) is 5.10 Å². The number of anilines is 2. The summed E-state index contributed by atoms with van der Waals surface area (Å²) in [5.41, 5.74) is 4.26. The highest BCUT2D eigenvalue weighted by Crippen LogP contribution is 2.39. The molecule has 146 valence electrons. The topological polar surface area (TPSA) is 35.9 Å². The van der Waals surface area contributed by atoms with E-state index >= 15 is 0 Å². The SMILES string of the molecule is CC(=O)C1=NN(c2ccccc2)C(c2ccc(C(C)C)cc2)N1c1ccccc1. The fourth-order valence-corrected chi connectivity index (χ4v) is 3.65. The Labute approximate surface area is 172 Å². The van der Waals surface area contributed by atoms with Crippen LogP contribution in [0.2, 0.25) is 0 Å². The summed E-state index contributed by atoms with van der Waals surface area (Å²) in [6, 6.07) is 28.6. The Balaban J connectivity index is 1.86. The van der Waals surface area contributed by atoms with Crippen molar-refractivity contribution in [2.75, 3.05) is 9.91 Å². The van der Waals surface area contributed by atoms with Gasteiger partial charge in [-0.05, 0) is 41.3 Å². The van der Waals surface area contributed by atoms with E-state index in [9.17, 15) is 4.79 Å². The van der Waals surface area contributed by atoms with E-state index in [1.54, 1.807) is 6.92 Å². The van der Waals surface area contributed by atoms with Gasteiger partial charge in [0.1, 0.15) is 0 Å². The molecule has 1 aliphatic rings. The van der Waals surface area contributed by atoms with Gasteiger partial charge < -0.3 is 0 Å². The van der Waals surface area contributed by atoms with Crippen LogP contribution in [0.5, 0.6) is 0 Å². The van der Waals surface area contributed by atoms with Gasteiger partial charge in [-0.25, -0.2) is 5.01 Å². The van der Waals surface area contributed by atoms with Crippen LogP contribution in [0.1, 0.15) is 44.0 Å². The second-order valence-corrected chi connectivity index (χ2v) is 7.56. The number of para-hydroxylation sites is 2. The summed E-state index contributed by atoms with van der Waals surface area (Å²) < 4.78 is 0. The summed E-state index contributed by atoms with van der Waals surface area (Å²) in [5, 5.41) is 6.70. The van der Waals surface area contributed by atoms with Crippen LogP contribution in [-0.4, -0.2) is 11.6 Å². The lowest BCUT2D eigenvalue weighted by Gasteiger charge is -2.32. The lowest BCUT2D eigenvalue weighted by Crippen LogP contribution is -2.37. The van der Waals surface area contributed by atoms with Crippen molar-refractivity contribution in [3.8, 4) is 0 Å². The maximum atomic E-state index is 12.5. The van der Waals surface area contributed by atoms with Crippen LogP contribution in [0.15, 0.2) is 90.0 Å². The van der Waals surface area contributed by atoms with Gasteiger partial charge in [-0.3, -0.25) is 9.69 Å². The predicted octanol–water partition coefficient (Wildman–Crippen LogP) is 5.74. The predicted molar refractivity (Wildman–Crippen MR) is 119 cm³/mol. The Morgan fingerprint density at radius 3 is 1.90 bits per heavy atom. The molecule has 1 heterocycles. The van der Waals surface area contributed by atoms with Gasteiger partial charge in [-0.1, -0.05) is 74.5 Å². The zero-order chi connectivity index (χ0) is 20.4. The highest BCUT2D eigenvalue weighted by molar-refractivity contribution is 6.44. The average Bonchev–Trinajstić information content (AvgIpc) is 3.16. The third kappa shape index (κ3) is 3.66. The molecule has 0 saturated heterocycles. The van der Waals surface area contributed by atoms with Gasteiger partial charge in [-0.15, -0.1) is 5.10 Å². The molecule has 0 radical (unpaired) electrons. The molecular weight excluding hydrogens is 358 g/mol. The second kappa shape index (κ2) is 7.92. The van der Waals surface area contributed by atoms with Crippen molar-refractivity contribution in [3.63, 3.8) is 0 Å². The van der Waals surface area contributed by atoms with Crippen LogP contribution < -0.4 is 9.91 Å². The van der Waals surface area contributed by atoms with E-state index < -0.39 is 0 Å².